The van der Waals surface area contributed by atoms with E-state index in [1.165, 1.54) is 48.3 Å². The summed E-state index contributed by atoms with van der Waals surface area (Å²) in [4.78, 5) is 31.7. The number of benzene rings is 1. The molecule has 1 fully saturated rings. The summed E-state index contributed by atoms with van der Waals surface area (Å²) in [6, 6.07) is 15.1. The molecule has 218 valence electrons. The van der Waals surface area contributed by atoms with Crippen molar-refractivity contribution < 1.29 is 27.9 Å². The van der Waals surface area contributed by atoms with Crippen LogP contribution in [0.3, 0.4) is 0 Å². The summed E-state index contributed by atoms with van der Waals surface area (Å²) in [6.07, 6.45) is 4.89. The number of sulfone groups is 1. The first-order chi connectivity index (χ1) is 19.2. The summed E-state index contributed by atoms with van der Waals surface area (Å²) in [5, 5.41) is 9.49. The maximum absolute atomic E-state index is 14.1. The molecule has 10 nitrogen and oxygen atoms in total. The lowest BCUT2D eigenvalue weighted by Crippen LogP contribution is -2.48. The molecule has 3 aromatic rings. The molecule has 11 heteroatoms. The van der Waals surface area contributed by atoms with Crippen molar-refractivity contribution in [2.24, 2.45) is 5.73 Å². The summed E-state index contributed by atoms with van der Waals surface area (Å²) in [7, 11) is -4.30. The number of hydrogen-bond donors (Lipinski definition) is 2. The van der Waals surface area contributed by atoms with Gasteiger partial charge in [0.2, 0.25) is 9.84 Å². The first-order valence-electron chi connectivity index (χ1n) is 13.4. The van der Waals surface area contributed by atoms with Gasteiger partial charge in [-0.25, -0.2) is 18.2 Å². The van der Waals surface area contributed by atoms with Gasteiger partial charge < -0.3 is 15.6 Å². The molecule has 1 saturated carbocycles. The zero-order valence-electron chi connectivity index (χ0n) is 23.7. The molecule has 2 aromatic heterocycles. The zero-order valence-corrected chi connectivity index (χ0v) is 24.5. The molecule has 2 heterocycles. The molecule has 1 unspecified atom stereocenters. The largest absolute Gasteiger partial charge is 0.480 e. The van der Waals surface area contributed by atoms with Crippen LogP contribution in [0.25, 0.3) is 0 Å². The predicted molar refractivity (Wildman–Crippen MR) is 154 cm³/mol. The fourth-order valence-corrected chi connectivity index (χ4v) is 6.44. The van der Waals surface area contributed by atoms with Gasteiger partial charge in [0.15, 0.2) is 4.87 Å². The number of rotatable bonds is 10. The van der Waals surface area contributed by atoms with Crippen LogP contribution >= 0.6 is 0 Å². The Bertz CT molecular complexity index is 1520. The Morgan fingerprint density at radius 1 is 1.07 bits per heavy atom. The number of carboxylic acids is 1. The minimum absolute atomic E-state index is 0.0610. The van der Waals surface area contributed by atoms with Crippen molar-refractivity contribution in [3.05, 3.63) is 83.8 Å². The predicted octanol–water partition coefficient (Wildman–Crippen LogP) is 4.57. The van der Waals surface area contributed by atoms with Gasteiger partial charge in [-0.2, -0.15) is 0 Å². The molecule has 0 radical (unpaired) electrons. The quantitative estimate of drug-likeness (QED) is 0.351. The average Bonchev–Trinajstić information content (AvgIpc) is 3.73. The molecule has 1 aromatic carbocycles. The van der Waals surface area contributed by atoms with E-state index in [4.69, 9.17) is 10.5 Å². The molecular formula is C30H36N4O6S. The highest BCUT2D eigenvalue weighted by atomic mass is 32.2. The van der Waals surface area contributed by atoms with E-state index in [-0.39, 0.29) is 28.2 Å². The van der Waals surface area contributed by atoms with E-state index in [0.717, 1.165) is 24.2 Å². The van der Waals surface area contributed by atoms with E-state index in [9.17, 15) is 23.1 Å². The molecule has 41 heavy (non-hydrogen) atoms. The lowest BCUT2D eigenvalue weighted by Gasteiger charge is -2.31. The minimum Gasteiger partial charge on any atom is -0.480 e. The molecule has 0 aliphatic heterocycles. The SMILES string of the molecule is CCC1(c2ccc(CC(N)(c3cccc(N(CC(=O)O)C(=O)OC(C)(C)C)n3)S(=O)(=O)c3cccnc3)cc2)CC1. The van der Waals surface area contributed by atoms with Crippen molar-refractivity contribution in [3.63, 3.8) is 0 Å². The third-order valence-electron chi connectivity index (χ3n) is 7.34. The van der Waals surface area contributed by atoms with Crippen LogP contribution in [0.15, 0.2) is 71.9 Å². The van der Waals surface area contributed by atoms with Crippen molar-refractivity contribution in [1.82, 2.24) is 9.97 Å². The Morgan fingerprint density at radius 3 is 2.29 bits per heavy atom. The first kappa shape index (κ1) is 30.1. The van der Waals surface area contributed by atoms with Crippen molar-refractivity contribution in [2.45, 2.75) is 74.2 Å². The van der Waals surface area contributed by atoms with Crippen LogP contribution in [0, 0.1) is 0 Å². The number of pyridine rings is 2. The second-order valence-electron chi connectivity index (χ2n) is 11.4. The third kappa shape index (κ3) is 6.41. The van der Waals surface area contributed by atoms with Crippen LogP contribution in [0.2, 0.25) is 0 Å². The maximum Gasteiger partial charge on any atom is 0.416 e. The fraction of sp³-hybridized carbons (Fsp3) is 0.400. The Morgan fingerprint density at radius 2 is 1.76 bits per heavy atom. The topological polar surface area (TPSA) is 153 Å². The first-order valence-corrected chi connectivity index (χ1v) is 14.9. The van der Waals surface area contributed by atoms with E-state index in [1.54, 1.807) is 20.8 Å². The molecule has 1 atom stereocenters. The normalized spacial score (nSPS) is 15.9. The Balaban J connectivity index is 1.80. The van der Waals surface area contributed by atoms with Crippen LogP contribution in [0.5, 0.6) is 0 Å². The minimum atomic E-state index is -4.30. The molecule has 1 aliphatic rings. The molecule has 3 N–H and O–H groups in total. The number of aromatic nitrogens is 2. The van der Waals surface area contributed by atoms with E-state index < -0.39 is 38.9 Å². The maximum atomic E-state index is 14.1. The van der Waals surface area contributed by atoms with Crippen molar-refractivity contribution in [1.29, 1.82) is 0 Å². The molecule has 1 aliphatic carbocycles. The standard InChI is InChI=1S/C30H36N4O6S/c1-5-29(15-16-29)22-13-11-21(12-14-22)18-30(31,41(38,39)23-8-7-17-32-19-23)24-9-6-10-25(33-24)34(20-26(35)36)27(37)40-28(2,3)4/h6-14,17,19H,5,15-16,18,20,31H2,1-4H3,(H,35,36). The summed E-state index contributed by atoms with van der Waals surface area (Å²) >= 11 is 0. The van der Waals surface area contributed by atoms with Crippen LogP contribution < -0.4 is 10.6 Å². The van der Waals surface area contributed by atoms with Gasteiger partial charge in [0.05, 0.1) is 10.6 Å². The molecular weight excluding hydrogens is 544 g/mol. The molecule has 0 spiro atoms. The van der Waals surface area contributed by atoms with Gasteiger partial charge >= 0.3 is 12.1 Å². The molecule has 4 rings (SSSR count). The highest BCUT2D eigenvalue weighted by Crippen LogP contribution is 2.50. The van der Waals surface area contributed by atoms with Crippen molar-refractivity contribution in [3.8, 4) is 0 Å². The molecule has 0 bridgehead atoms. The Kier molecular flexibility index (Phi) is 8.24. The van der Waals surface area contributed by atoms with Crippen LogP contribution in [-0.4, -0.2) is 47.7 Å². The van der Waals surface area contributed by atoms with Crippen LogP contribution in [-0.2, 0) is 36.1 Å². The van der Waals surface area contributed by atoms with Crippen LogP contribution in [0.4, 0.5) is 10.6 Å². The number of hydrogen-bond acceptors (Lipinski definition) is 8. The van der Waals surface area contributed by atoms with E-state index in [2.05, 4.69) is 16.9 Å². The van der Waals surface area contributed by atoms with Gasteiger partial charge in [0, 0.05) is 18.8 Å². The highest BCUT2D eigenvalue weighted by Gasteiger charge is 2.46. The Labute approximate surface area is 240 Å². The lowest BCUT2D eigenvalue weighted by atomic mass is 9.91. The van der Waals surface area contributed by atoms with Crippen molar-refractivity contribution in [2.75, 3.05) is 11.4 Å². The monoisotopic (exact) mass is 580 g/mol. The number of nitrogens with zero attached hydrogens (tertiary/aromatic N) is 3. The molecule has 0 saturated heterocycles. The Hall–Kier alpha value is -3.83. The van der Waals surface area contributed by atoms with Gasteiger partial charge in [-0.15, -0.1) is 0 Å². The fourth-order valence-electron chi connectivity index (χ4n) is 4.82. The smallest absolute Gasteiger partial charge is 0.416 e. The third-order valence-corrected chi connectivity index (χ3v) is 9.51. The van der Waals surface area contributed by atoms with Crippen molar-refractivity contribution >= 4 is 27.7 Å². The number of carbonyl (C=O) groups excluding carboxylic acids is 1. The summed E-state index contributed by atoms with van der Waals surface area (Å²) in [6.45, 7) is 6.36. The number of ether oxygens (including phenoxy) is 1. The van der Waals surface area contributed by atoms with E-state index in [1.807, 2.05) is 24.3 Å². The molecule has 1 amide bonds. The average molecular weight is 581 g/mol. The van der Waals surface area contributed by atoms with Gasteiger partial charge in [-0.3, -0.25) is 14.7 Å². The number of anilines is 1. The number of carbonyl (C=O) groups is 2. The second-order valence-corrected chi connectivity index (χ2v) is 13.6. The summed E-state index contributed by atoms with van der Waals surface area (Å²) in [5.74, 6) is -1.41. The number of nitrogens with two attached hydrogens (primary N) is 1. The summed E-state index contributed by atoms with van der Waals surface area (Å²) in [5.41, 5.74) is 7.95. The number of aliphatic carboxylic acids is 1. The van der Waals surface area contributed by atoms with E-state index >= 15 is 0 Å². The lowest BCUT2D eigenvalue weighted by molar-refractivity contribution is -0.135. The van der Waals surface area contributed by atoms with Gasteiger partial charge in [0.1, 0.15) is 18.0 Å². The van der Waals surface area contributed by atoms with Gasteiger partial charge in [-0.1, -0.05) is 37.3 Å². The van der Waals surface area contributed by atoms with Gasteiger partial charge in [0.25, 0.3) is 0 Å². The second kappa shape index (κ2) is 11.2. The van der Waals surface area contributed by atoms with E-state index in [0.29, 0.717) is 5.56 Å². The zero-order chi connectivity index (χ0) is 30.1. The summed E-state index contributed by atoms with van der Waals surface area (Å²) < 4.78 is 33.6. The van der Waals surface area contributed by atoms with Gasteiger partial charge in [-0.05, 0) is 80.8 Å². The number of carboxylic acid groups (broad SMARTS) is 1. The number of amides is 1. The van der Waals surface area contributed by atoms with Crippen LogP contribution in [0.1, 0.15) is 63.8 Å². The highest BCUT2D eigenvalue weighted by molar-refractivity contribution is 7.92.